The summed E-state index contributed by atoms with van der Waals surface area (Å²) in [7, 11) is 2.01. The number of hydrogen-bond acceptors (Lipinski definition) is 6. The molecule has 1 atom stereocenters. The maximum absolute atomic E-state index is 12.8. The summed E-state index contributed by atoms with van der Waals surface area (Å²) < 4.78 is 11.4. The van der Waals surface area contributed by atoms with Crippen molar-refractivity contribution in [2.45, 2.75) is 52.1 Å². The highest BCUT2D eigenvalue weighted by atomic mass is 16.5. The van der Waals surface area contributed by atoms with E-state index in [1.165, 1.54) is 6.42 Å². The quantitative estimate of drug-likeness (QED) is 0.484. The third kappa shape index (κ3) is 6.73. The first-order valence-electron chi connectivity index (χ1n) is 12.4. The number of aryl methyl sites for hydroxylation is 2. The summed E-state index contributed by atoms with van der Waals surface area (Å²) in [6, 6.07) is 14.7. The Morgan fingerprint density at radius 1 is 1.11 bits per heavy atom. The van der Waals surface area contributed by atoms with E-state index in [0.29, 0.717) is 35.3 Å². The van der Waals surface area contributed by atoms with Crippen LogP contribution in [0.4, 0.5) is 5.69 Å². The first-order chi connectivity index (χ1) is 17.4. The second-order valence-corrected chi connectivity index (χ2v) is 9.32. The highest BCUT2D eigenvalue weighted by Gasteiger charge is 2.25. The molecule has 0 saturated carbocycles. The van der Waals surface area contributed by atoms with E-state index in [4.69, 9.17) is 9.15 Å². The fraction of sp³-hybridized carbons (Fsp3) is 0.393. The second-order valence-electron chi connectivity index (χ2n) is 9.32. The van der Waals surface area contributed by atoms with E-state index >= 15 is 0 Å². The van der Waals surface area contributed by atoms with Gasteiger partial charge in [0.2, 0.25) is 11.8 Å². The van der Waals surface area contributed by atoms with Crippen LogP contribution >= 0.6 is 0 Å². The van der Waals surface area contributed by atoms with Crippen LogP contribution in [0.5, 0.6) is 5.75 Å². The van der Waals surface area contributed by atoms with Crippen molar-refractivity contribution >= 4 is 17.5 Å². The fourth-order valence-electron chi connectivity index (χ4n) is 4.30. The van der Waals surface area contributed by atoms with Gasteiger partial charge in [0.1, 0.15) is 17.2 Å². The molecule has 2 N–H and O–H groups in total. The van der Waals surface area contributed by atoms with E-state index in [2.05, 4.69) is 20.5 Å². The number of aromatic nitrogens is 1. The third-order valence-corrected chi connectivity index (χ3v) is 6.43. The van der Waals surface area contributed by atoms with Crippen LogP contribution in [0.2, 0.25) is 0 Å². The monoisotopic (exact) mass is 490 g/mol. The van der Waals surface area contributed by atoms with Gasteiger partial charge in [0.25, 0.3) is 5.91 Å². The van der Waals surface area contributed by atoms with Gasteiger partial charge in [-0.15, -0.1) is 0 Å². The minimum Gasteiger partial charge on any atom is -0.484 e. The summed E-state index contributed by atoms with van der Waals surface area (Å²) in [6.45, 7) is 4.99. The number of benzene rings is 2. The molecule has 0 bridgehead atoms. The number of rotatable bonds is 8. The van der Waals surface area contributed by atoms with E-state index in [9.17, 15) is 9.59 Å². The number of oxazole rings is 1. The van der Waals surface area contributed by atoms with Crippen LogP contribution in [-0.2, 0) is 16.1 Å². The third-order valence-electron chi connectivity index (χ3n) is 6.43. The number of carbonyl (C=O) groups is 2. The summed E-state index contributed by atoms with van der Waals surface area (Å²) in [6.07, 6.45) is 4.24. The lowest BCUT2D eigenvalue weighted by atomic mass is 10.1. The van der Waals surface area contributed by atoms with E-state index in [1.807, 2.05) is 57.3 Å². The number of likely N-dealkylation sites (tertiary alicyclic amines) is 1. The number of nitrogens with zero attached hydrogens (tertiary/aromatic N) is 2. The Hall–Kier alpha value is -3.65. The summed E-state index contributed by atoms with van der Waals surface area (Å²) in [5.74, 6) is 1.50. The van der Waals surface area contributed by atoms with Crippen LogP contribution in [0.1, 0.15) is 42.7 Å². The zero-order chi connectivity index (χ0) is 25.5. The number of ether oxygens (including phenoxy) is 1. The molecular weight excluding hydrogens is 456 g/mol. The molecule has 1 aromatic heterocycles. The lowest BCUT2D eigenvalue weighted by molar-refractivity contribution is -0.126. The van der Waals surface area contributed by atoms with Crippen LogP contribution < -0.4 is 15.4 Å². The summed E-state index contributed by atoms with van der Waals surface area (Å²) >= 11 is 0. The Bertz CT molecular complexity index is 1190. The lowest BCUT2D eigenvalue weighted by Crippen LogP contribution is -2.44. The van der Waals surface area contributed by atoms with Gasteiger partial charge in [0.15, 0.2) is 6.61 Å². The molecule has 2 aromatic carbocycles. The average molecular weight is 491 g/mol. The van der Waals surface area contributed by atoms with Crippen LogP contribution in [0.3, 0.4) is 0 Å². The Labute approximate surface area is 212 Å². The van der Waals surface area contributed by atoms with Gasteiger partial charge in [0, 0.05) is 11.3 Å². The molecule has 1 aliphatic rings. The van der Waals surface area contributed by atoms with Crippen molar-refractivity contribution in [3.8, 4) is 17.2 Å². The van der Waals surface area contributed by atoms with Gasteiger partial charge in [0.05, 0.1) is 12.6 Å². The predicted molar refractivity (Wildman–Crippen MR) is 139 cm³/mol. The molecule has 3 aromatic rings. The molecular formula is C28H34N4O4. The highest BCUT2D eigenvalue weighted by molar-refractivity contribution is 5.92. The number of carbonyl (C=O) groups excluding carboxylic acids is 2. The van der Waals surface area contributed by atoms with Gasteiger partial charge in [-0.2, -0.15) is 0 Å². The minimum absolute atomic E-state index is 0.0286. The molecule has 1 fully saturated rings. The number of anilines is 1. The van der Waals surface area contributed by atoms with E-state index < -0.39 is 0 Å². The van der Waals surface area contributed by atoms with E-state index in [1.54, 1.807) is 12.1 Å². The van der Waals surface area contributed by atoms with Gasteiger partial charge in [-0.1, -0.05) is 36.6 Å². The molecule has 4 rings (SSSR count). The van der Waals surface area contributed by atoms with Crippen LogP contribution in [0.25, 0.3) is 11.5 Å². The van der Waals surface area contributed by atoms with Gasteiger partial charge >= 0.3 is 0 Å². The minimum atomic E-state index is -0.261. The largest absolute Gasteiger partial charge is 0.484 e. The van der Waals surface area contributed by atoms with Crippen molar-refractivity contribution < 1.29 is 18.7 Å². The molecule has 0 radical (unpaired) electrons. The number of amides is 2. The molecule has 8 nitrogen and oxygen atoms in total. The van der Waals surface area contributed by atoms with Gasteiger partial charge in [-0.05, 0) is 70.6 Å². The first-order valence-corrected chi connectivity index (χ1v) is 12.4. The molecule has 2 heterocycles. The maximum atomic E-state index is 12.8. The van der Waals surface area contributed by atoms with Crippen LogP contribution in [0, 0.1) is 13.8 Å². The molecule has 8 heteroatoms. The smallest absolute Gasteiger partial charge is 0.262 e. The molecule has 0 aliphatic carbocycles. The molecule has 36 heavy (non-hydrogen) atoms. The Balaban J connectivity index is 1.34. The Morgan fingerprint density at radius 3 is 2.72 bits per heavy atom. The first kappa shape index (κ1) is 25.4. The normalized spacial score (nSPS) is 16.2. The summed E-state index contributed by atoms with van der Waals surface area (Å²) in [5.41, 5.74) is 3.17. The van der Waals surface area contributed by atoms with Crippen molar-refractivity contribution in [1.82, 2.24) is 15.2 Å². The van der Waals surface area contributed by atoms with Crippen LogP contribution in [0.15, 0.2) is 52.9 Å². The molecule has 2 amide bonds. The van der Waals surface area contributed by atoms with Crippen molar-refractivity contribution in [3.05, 3.63) is 65.5 Å². The lowest BCUT2D eigenvalue weighted by Gasteiger charge is -2.24. The zero-order valence-corrected chi connectivity index (χ0v) is 21.2. The molecule has 0 unspecified atom stereocenters. The number of nitrogens with one attached hydrogen (secondary N) is 2. The fourth-order valence-corrected chi connectivity index (χ4v) is 4.30. The standard InChI is InChI=1S/C28H34N4O4/c1-19-11-13-23(14-12-19)35-18-26(33)30-22-9-7-8-21(16-22)28-31-24(20(2)36-28)17-29-27(34)25-10-5-4-6-15-32(25)3/h7-9,11-14,16,25H,4-6,10,15,17-18H2,1-3H3,(H,29,34)(H,30,33)/t25-/m1/s1. The summed E-state index contributed by atoms with van der Waals surface area (Å²) in [5, 5.41) is 5.87. The topological polar surface area (TPSA) is 96.7 Å². The van der Waals surface area contributed by atoms with E-state index in [-0.39, 0.29) is 24.5 Å². The molecule has 1 saturated heterocycles. The van der Waals surface area contributed by atoms with Gasteiger partial charge in [-0.3, -0.25) is 14.5 Å². The number of likely N-dealkylation sites (N-methyl/N-ethyl adjacent to an activating group) is 1. The van der Waals surface area contributed by atoms with Crippen molar-refractivity contribution in [1.29, 1.82) is 0 Å². The highest BCUT2D eigenvalue weighted by Crippen LogP contribution is 2.25. The SMILES string of the molecule is Cc1ccc(OCC(=O)Nc2cccc(-c3nc(CNC(=O)[C@H]4CCCCCN4C)c(C)o3)c2)cc1. The van der Waals surface area contributed by atoms with Crippen molar-refractivity contribution in [2.75, 3.05) is 25.5 Å². The maximum Gasteiger partial charge on any atom is 0.262 e. The zero-order valence-electron chi connectivity index (χ0n) is 21.2. The molecule has 190 valence electrons. The average Bonchev–Trinajstić information content (AvgIpc) is 3.10. The Morgan fingerprint density at radius 2 is 1.92 bits per heavy atom. The number of hydrogen-bond donors (Lipinski definition) is 2. The molecule has 0 spiro atoms. The second kappa shape index (κ2) is 11.9. The molecule has 1 aliphatic heterocycles. The summed E-state index contributed by atoms with van der Waals surface area (Å²) in [4.78, 5) is 31.9. The van der Waals surface area contributed by atoms with Gasteiger partial charge in [-0.25, -0.2) is 4.98 Å². The van der Waals surface area contributed by atoms with E-state index in [0.717, 1.165) is 36.9 Å². The van der Waals surface area contributed by atoms with Crippen molar-refractivity contribution in [3.63, 3.8) is 0 Å². The van der Waals surface area contributed by atoms with Gasteiger partial charge < -0.3 is 19.8 Å². The predicted octanol–water partition coefficient (Wildman–Crippen LogP) is 4.47. The van der Waals surface area contributed by atoms with Crippen LogP contribution in [-0.4, -0.2) is 47.9 Å². The van der Waals surface area contributed by atoms with Crippen molar-refractivity contribution in [2.24, 2.45) is 0 Å². The Kier molecular flexibility index (Phi) is 8.38.